The van der Waals surface area contributed by atoms with E-state index in [1.54, 1.807) is 36.0 Å². The topological polar surface area (TPSA) is 66.2 Å². The van der Waals surface area contributed by atoms with Crippen LogP contribution in [0, 0.1) is 5.82 Å². The number of aromatic nitrogens is 3. The van der Waals surface area contributed by atoms with Crippen LogP contribution in [-0.4, -0.2) is 33.2 Å². The summed E-state index contributed by atoms with van der Waals surface area (Å²) in [4.78, 5) is 20.5. The van der Waals surface area contributed by atoms with Crippen LogP contribution in [0.1, 0.15) is 17.3 Å². The fourth-order valence-corrected chi connectivity index (χ4v) is 2.18. The second kappa shape index (κ2) is 6.66. The first kappa shape index (κ1) is 15.9. The first-order valence-electron chi connectivity index (χ1n) is 7.39. The van der Waals surface area contributed by atoms with E-state index in [4.69, 9.17) is 9.47 Å². The number of carbonyl (C=O) groups excluding carboxylic acids is 1. The molecule has 0 saturated carbocycles. The average molecular weight is 329 g/mol. The van der Waals surface area contributed by atoms with Crippen molar-refractivity contribution in [2.75, 3.05) is 6.61 Å². The summed E-state index contributed by atoms with van der Waals surface area (Å²) in [6, 6.07) is 7.42. The number of esters is 1. The second-order valence-corrected chi connectivity index (χ2v) is 5.41. The molecular weight excluding hydrogens is 313 g/mol. The summed E-state index contributed by atoms with van der Waals surface area (Å²) in [6.07, 6.45) is 2.58. The summed E-state index contributed by atoms with van der Waals surface area (Å²) in [5.41, 5.74) is 1.63. The van der Waals surface area contributed by atoms with E-state index < -0.39 is 12.1 Å². The summed E-state index contributed by atoms with van der Waals surface area (Å²) >= 11 is 0. The molecule has 0 aliphatic rings. The van der Waals surface area contributed by atoms with Crippen molar-refractivity contribution in [2.24, 2.45) is 7.05 Å². The minimum atomic E-state index is -0.509. The van der Waals surface area contributed by atoms with Crippen molar-refractivity contribution in [2.45, 2.75) is 13.0 Å². The van der Waals surface area contributed by atoms with Gasteiger partial charge in [0.05, 0.1) is 11.9 Å². The molecule has 0 bridgehead atoms. The lowest BCUT2D eigenvalue weighted by Gasteiger charge is -2.14. The number of carbonyl (C=O) groups is 1. The Morgan fingerprint density at radius 3 is 2.96 bits per heavy atom. The van der Waals surface area contributed by atoms with Crippen LogP contribution in [0.4, 0.5) is 4.39 Å². The van der Waals surface area contributed by atoms with Crippen molar-refractivity contribution in [3.05, 3.63) is 54.2 Å². The molecule has 1 atom stereocenters. The van der Waals surface area contributed by atoms with E-state index in [1.807, 2.05) is 7.05 Å². The lowest BCUT2D eigenvalue weighted by atomic mass is 10.2. The summed E-state index contributed by atoms with van der Waals surface area (Å²) in [5, 5.41) is 0. The molecule has 0 fully saturated rings. The predicted octanol–water partition coefficient (Wildman–Crippen LogP) is 2.73. The molecule has 1 aromatic carbocycles. The van der Waals surface area contributed by atoms with E-state index in [9.17, 15) is 9.18 Å². The molecule has 3 rings (SSSR count). The van der Waals surface area contributed by atoms with Gasteiger partial charge in [-0.3, -0.25) is 0 Å². The van der Waals surface area contributed by atoms with Crippen LogP contribution in [0.25, 0.3) is 11.2 Å². The molecular formula is C17H16FN3O3. The highest BCUT2D eigenvalue weighted by atomic mass is 19.1. The average Bonchev–Trinajstić information content (AvgIpc) is 2.94. The molecule has 0 N–H and O–H groups in total. The number of fused-ring (bicyclic) bond motifs is 1. The fraction of sp³-hybridized carbons (Fsp3) is 0.235. The van der Waals surface area contributed by atoms with Gasteiger partial charge in [-0.25, -0.2) is 19.2 Å². The number of aryl methyl sites for hydroxylation is 1. The van der Waals surface area contributed by atoms with Crippen LogP contribution in [0.2, 0.25) is 0 Å². The molecule has 0 spiro atoms. The maximum atomic E-state index is 13.1. The van der Waals surface area contributed by atoms with Crippen molar-refractivity contribution < 1.29 is 18.7 Å². The highest BCUT2D eigenvalue weighted by Gasteiger charge is 2.15. The standard InChI is InChI=1S/C17H16FN3O3/c1-11(9-23-14-5-3-4-13(18)7-14)24-17(22)12-6-15-16(19-8-12)21(2)10-20-15/h3-8,10-11H,9H2,1-2H3/t11-/m1/s1. The Hall–Kier alpha value is -2.96. The number of rotatable bonds is 5. The van der Waals surface area contributed by atoms with Gasteiger partial charge >= 0.3 is 5.97 Å². The number of ether oxygens (including phenoxy) is 2. The molecule has 0 radical (unpaired) electrons. The Morgan fingerprint density at radius 2 is 2.17 bits per heavy atom. The third-order valence-electron chi connectivity index (χ3n) is 3.38. The summed E-state index contributed by atoms with van der Waals surface area (Å²) in [6.45, 7) is 1.82. The molecule has 0 unspecified atom stereocenters. The normalized spacial score (nSPS) is 12.1. The van der Waals surface area contributed by atoms with Crippen LogP contribution in [0.5, 0.6) is 5.75 Å². The van der Waals surface area contributed by atoms with Crippen LogP contribution < -0.4 is 4.74 Å². The first-order valence-corrected chi connectivity index (χ1v) is 7.39. The molecule has 2 aromatic heterocycles. The maximum Gasteiger partial charge on any atom is 0.340 e. The molecule has 0 aliphatic heterocycles. The number of pyridine rings is 1. The van der Waals surface area contributed by atoms with Crippen molar-refractivity contribution in [3.63, 3.8) is 0 Å². The highest BCUT2D eigenvalue weighted by molar-refractivity contribution is 5.92. The van der Waals surface area contributed by atoms with Crippen LogP contribution in [-0.2, 0) is 11.8 Å². The number of hydrogen-bond donors (Lipinski definition) is 0. The Kier molecular flexibility index (Phi) is 4.41. The lowest BCUT2D eigenvalue weighted by Crippen LogP contribution is -2.22. The van der Waals surface area contributed by atoms with Crippen molar-refractivity contribution in [1.82, 2.24) is 14.5 Å². The van der Waals surface area contributed by atoms with Crippen LogP contribution in [0.15, 0.2) is 42.9 Å². The molecule has 0 amide bonds. The van der Waals surface area contributed by atoms with E-state index in [0.717, 1.165) is 0 Å². The summed E-state index contributed by atoms with van der Waals surface area (Å²) in [5.74, 6) is -0.508. The van der Waals surface area contributed by atoms with Crippen molar-refractivity contribution in [3.8, 4) is 5.75 Å². The second-order valence-electron chi connectivity index (χ2n) is 5.41. The maximum absolute atomic E-state index is 13.1. The Balaban J connectivity index is 1.60. The van der Waals surface area contributed by atoms with Gasteiger partial charge in [0.1, 0.15) is 29.8 Å². The Morgan fingerprint density at radius 1 is 1.33 bits per heavy atom. The number of nitrogens with zero attached hydrogens (tertiary/aromatic N) is 3. The van der Waals surface area contributed by atoms with E-state index in [0.29, 0.717) is 22.5 Å². The van der Waals surface area contributed by atoms with E-state index >= 15 is 0 Å². The molecule has 7 heteroatoms. The van der Waals surface area contributed by atoms with Gasteiger partial charge < -0.3 is 14.0 Å². The number of imidazole rings is 1. The predicted molar refractivity (Wildman–Crippen MR) is 85.3 cm³/mol. The monoisotopic (exact) mass is 329 g/mol. The number of halogens is 1. The zero-order valence-electron chi connectivity index (χ0n) is 13.3. The molecule has 3 aromatic rings. The molecule has 0 aliphatic carbocycles. The fourth-order valence-electron chi connectivity index (χ4n) is 2.18. The first-order chi connectivity index (χ1) is 11.5. The van der Waals surface area contributed by atoms with Gasteiger partial charge in [-0.1, -0.05) is 6.07 Å². The van der Waals surface area contributed by atoms with Gasteiger partial charge in [0.15, 0.2) is 5.65 Å². The van der Waals surface area contributed by atoms with Crippen LogP contribution >= 0.6 is 0 Å². The summed E-state index contributed by atoms with van der Waals surface area (Å²) < 4.78 is 25.6. The minimum Gasteiger partial charge on any atom is -0.490 e. The van der Waals surface area contributed by atoms with Gasteiger partial charge in [-0.05, 0) is 25.1 Å². The zero-order chi connectivity index (χ0) is 17.1. The lowest BCUT2D eigenvalue weighted by molar-refractivity contribution is 0.0228. The van der Waals surface area contributed by atoms with Gasteiger partial charge in [-0.2, -0.15) is 0 Å². The van der Waals surface area contributed by atoms with E-state index in [1.165, 1.54) is 18.3 Å². The van der Waals surface area contributed by atoms with Crippen LogP contribution in [0.3, 0.4) is 0 Å². The van der Waals surface area contributed by atoms with Gasteiger partial charge in [0.25, 0.3) is 0 Å². The van der Waals surface area contributed by atoms with Gasteiger partial charge in [0, 0.05) is 19.3 Å². The molecule has 24 heavy (non-hydrogen) atoms. The van der Waals surface area contributed by atoms with E-state index in [2.05, 4.69) is 9.97 Å². The molecule has 0 saturated heterocycles. The molecule has 124 valence electrons. The third-order valence-corrected chi connectivity index (χ3v) is 3.38. The van der Waals surface area contributed by atoms with Crippen molar-refractivity contribution in [1.29, 1.82) is 0 Å². The SMILES string of the molecule is C[C@H](COc1cccc(F)c1)OC(=O)c1cnc2c(c1)ncn2C. The molecule has 2 heterocycles. The highest BCUT2D eigenvalue weighted by Crippen LogP contribution is 2.14. The smallest absolute Gasteiger partial charge is 0.340 e. The quantitative estimate of drug-likeness (QED) is 0.673. The third kappa shape index (κ3) is 3.51. The van der Waals surface area contributed by atoms with Gasteiger partial charge in [0.2, 0.25) is 0 Å². The van der Waals surface area contributed by atoms with E-state index in [-0.39, 0.29) is 12.4 Å². The minimum absolute atomic E-state index is 0.119. The Labute approximate surface area is 137 Å². The largest absolute Gasteiger partial charge is 0.490 e. The zero-order valence-corrected chi connectivity index (χ0v) is 13.3. The number of hydrogen-bond acceptors (Lipinski definition) is 5. The Bertz CT molecular complexity index is 878. The molecule has 6 nitrogen and oxygen atoms in total. The van der Waals surface area contributed by atoms with Crippen molar-refractivity contribution >= 4 is 17.1 Å². The number of benzene rings is 1. The summed E-state index contributed by atoms with van der Waals surface area (Å²) in [7, 11) is 1.83. The van der Waals surface area contributed by atoms with Gasteiger partial charge in [-0.15, -0.1) is 0 Å².